The molecule has 1 heterocycles. The first-order valence-electron chi connectivity index (χ1n) is 5.74. The molecule has 0 radical (unpaired) electrons. The van der Waals surface area contributed by atoms with E-state index in [2.05, 4.69) is 5.32 Å². The van der Waals surface area contributed by atoms with Crippen molar-refractivity contribution in [1.29, 1.82) is 0 Å². The van der Waals surface area contributed by atoms with Crippen molar-refractivity contribution in [2.75, 3.05) is 13.2 Å². The first kappa shape index (κ1) is 13.2. The Morgan fingerprint density at radius 1 is 1.37 bits per heavy atom. The minimum atomic E-state index is -0.777. The number of benzene rings is 1. The lowest BCUT2D eigenvalue weighted by atomic mass is 10.1. The fourth-order valence-electron chi connectivity index (χ4n) is 1.63. The van der Waals surface area contributed by atoms with Gasteiger partial charge < -0.3 is 14.8 Å². The lowest BCUT2D eigenvalue weighted by Gasteiger charge is -2.04. The normalized spacial score (nSPS) is 10.6. The van der Waals surface area contributed by atoms with Crippen molar-refractivity contribution in [1.82, 2.24) is 5.32 Å². The molecule has 0 atom stereocenters. The van der Waals surface area contributed by atoms with E-state index in [4.69, 9.17) is 9.52 Å². The summed E-state index contributed by atoms with van der Waals surface area (Å²) in [5, 5.41) is 11.4. The van der Waals surface area contributed by atoms with Crippen molar-refractivity contribution in [3.63, 3.8) is 0 Å². The number of aliphatic hydroxyl groups is 1. The summed E-state index contributed by atoms with van der Waals surface area (Å²) in [4.78, 5) is 23.3. The third-order valence-electron chi connectivity index (χ3n) is 2.56. The Bertz CT molecular complexity index is 665. The third-order valence-corrected chi connectivity index (χ3v) is 2.56. The molecule has 0 aliphatic heterocycles. The molecular formula is C13H12FNO4. The van der Waals surface area contributed by atoms with Crippen molar-refractivity contribution in [3.05, 3.63) is 46.1 Å². The zero-order valence-electron chi connectivity index (χ0n) is 9.98. The highest BCUT2D eigenvalue weighted by Crippen LogP contribution is 2.14. The van der Waals surface area contributed by atoms with Crippen LogP contribution in [-0.4, -0.2) is 24.2 Å². The molecule has 0 unspecified atom stereocenters. The molecule has 0 saturated heterocycles. The number of hydrogen-bond acceptors (Lipinski definition) is 4. The quantitative estimate of drug-likeness (QED) is 0.639. The molecule has 0 fully saturated rings. The lowest BCUT2D eigenvalue weighted by Crippen LogP contribution is -2.29. The molecule has 1 amide bonds. The summed E-state index contributed by atoms with van der Waals surface area (Å²) in [6.07, 6.45) is 0.388. The summed E-state index contributed by atoms with van der Waals surface area (Å²) in [6.45, 7) is 0.188. The minimum absolute atomic E-state index is 0.0577. The van der Waals surface area contributed by atoms with Crippen LogP contribution in [0.3, 0.4) is 0 Å². The first-order chi connectivity index (χ1) is 9.11. The fraction of sp³-hybridized carbons (Fsp3) is 0.231. The number of carbonyl (C=O) groups excluding carboxylic acids is 1. The number of amides is 1. The third kappa shape index (κ3) is 2.97. The molecular weight excluding hydrogens is 253 g/mol. The highest BCUT2D eigenvalue weighted by molar-refractivity contribution is 5.96. The molecule has 19 heavy (non-hydrogen) atoms. The predicted octanol–water partition coefficient (Wildman–Crippen LogP) is 1.04. The van der Waals surface area contributed by atoms with Gasteiger partial charge in [0.25, 0.3) is 5.91 Å². The van der Waals surface area contributed by atoms with Gasteiger partial charge in [0.2, 0.25) is 0 Å². The Morgan fingerprint density at radius 2 is 2.16 bits per heavy atom. The van der Waals surface area contributed by atoms with Crippen LogP contribution in [0.2, 0.25) is 0 Å². The van der Waals surface area contributed by atoms with Gasteiger partial charge in [-0.05, 0) is 30.7 Å². The van der Waals surface area contributed by atoms with Gasteiger partial charge in [0.15, 0.2) is 0 Å². The molecule has 0 aliphatic rings. The zero-order chi connectivity index (χ0) is 13.8. The van der Waals surface area contributed by atoms with Gasteiger partial charge in [-0.15, -0.1) is 0 Å². The molecule has 1 aromatic heterocycles. The molecule has 5 nitrogen and oxygen atoms in total. The molecule has 0 bridgehead atoms. The van der Waals surface area contributed by atoms with Crippen LogP contribution < -0.4 is 10.9 Å². The number of nitrogens with one attached hydrogen (secondary N) is 1. The van der Waals surface area contributed by atoms with Gasteiger partial charge in [0.1, 0.15) is 17.0 Å². The second-order valence-corrected chi connectivity index (χ2v) is 3.96. The van der Waals surface area contributed by atoms with E-state index in [1.807, 2.05) is 0 Å². The van der Waals surface area contributed by atoms with Crippen LogP contribution in [0.15, 0.2) is 33.5 Å². The maximum atomic E-state index is 13.1. The number of fused-ring (bicyclic) bond motifs is 1. The van der Waals surface area contributed by atoms with Crippen molar-refractivity contribution < 1.29 is 18.7 Å². The first-order valence-corrected chi connectivity index (χ1v) is 5.74. The maximum absolute atomic E-state index is 13.1. The van der Waals surface area contributed by atoms with Crippen LogP contribution in [-0.2, 0) is 0 Å². The number of aliphatic hydroxyl groups excluding tert-OH is 1. The van der Waals surface area contributed by atoms with Crippen LogP contribution in [0.5, 0.6) is 0 Å². The smallest absolute Gasteiger partial charge is 0.349 e. The summed E-state index contributed by atoms with van der Waals surface area (Å²) in [5.41, 5.74) is -0.741. The minimum Gasteiger partial charge on any atom is -0.422 e. The van der Waals surface area contributed by atoms with Crippen molar-refractivity contribution in [2.45, 2.75) is 6.42 Å². The summed E-state index contributed by atoms with van der Waals surface area (Å²) >= 11 is 0. The summed E-state index contributed by atoms with van der Waals surface area (Å²) in [7, 11) is 0. The summed E-state index contributed by atoms with van der Waals surface area (Å²) < 4.78 is 18.0. The second-order valence-electron chi connectivity index (χ2n) is 3.96. The molecule has 2 rings (SSSR count). The topological polar surface area (TPSA) is 79.5 Å². The summed E-state index contributed by atoms with van der Waals surface area (Å²) in [6, 6.07) is 4.98. The second kappa shape index (κ2) is 5.62. The zero-order valence-corrected chi connectivity index (χ0v) is 9.98. The van der Waals surface area contributed by atoms with Crippen molar-refractivity contribution in [3.8, 4) is 0 Å². The van der Waals surface area contributed by atoms with Gasteiger partial charge in [0.05, 0.1) is 0 Å². The molecule has 0 saturated carbocycles. The van der Waals surface area contributed by atoms with Gasteiger partial charge in [-0.1, -0.05) is 0 Å². The predicted molar refractivity (Wildman–Crippen MR) is 66.5 cm³/mol. The highest BCUT2D eigenvalue weighted by atomic mass is 19.1. The van der Waals surface area contributed by atoms with Crippen LogP contribution in [0.1, 0.15) is 16.8 Å². The number of hydrogen-bond donors (Lipinski definition) is 2. The number of carbonyl (C=O) groups is 1. The molecule has 2 aromatic rings. The van der Waals surface area contributed by atoms with Crippen molar-refractivity contribution >= 4 is 16.9 Å². The van der Waals surface area contributed by atoms with E-state index in [9.17, 15) is 14.0 Å². The van der Waals surface area contributed by atoms with Gasteiger partial charge >= 0.3 is 5.63 Å². The van der Waals surface area contributed by atoms with Gasteiger partial charge in [-0.25, -0.2) is 9.18 Å². The van der Waals surface area contributed by atoms with E-state index < -0.39 is 17.3 Å². The lowest BCUT2D eigenvalue weighted by molar-refractivity contribution is 0.0947. The Kier molecular flexibility index (Phi) is 3.91. The Hall–Kier alpha value is -2.21. The average molecular weight is 265 g/mol. The molecule has 100 valence electrons. The van der Waals surface area contributed by atoms with Gasteiger partial charge in [0, 0.05) is 18.5 Å². The van der Waals surface area contributed by atoms with E-state index in [-0.39, 0.29) is 24.3 Å². The van der Waals surface area contributed by atoms with Crippen LogP contribution in [0.4, 0.5) is 4.39 Å². The van der Waals surface area contributed by atoms with Crippen LogP contribution in [0.25, 0.3) is 11.0 Å². The van der Waals surface area contributed by atoms with Crippen molar-refractivity contribution in [2.24, 2.45) is 0 Å². The van der Waals surface area contributed by atoms with E-state index in [0.717, 1.165) is 0 Å². The van der Waals surface area contributed by atoms with Crippen LogP contribution >= 0.6 is 0 Å². The molecule has 1 aromatic carbocycles. The summed E-state index contributed by atoms with van der Waals surface area (Å²) in [5.74, 6) is -1.08. The Labute approximate surface area is 107 Å². The maximum Gasteiger partial charge on any atom is 0.349 e. The monoisotopic (exact) mass is 265 g/mol. The van der Waals surface area contributed by atoms with Crippen LogP contribution in [0, 0.1) is 5.82 Å². The Balaban J connectivity index is 2.35. The average Bonchev–Trinajstić information content (AvgIpc) is 2.38. The van der Waals surface area contributed by atoms with E-state index in [0.29, 0.717) is 11.8 Å². The van der Waals surface area contributed by atoms with Gasteiger partial charge in [-0.3, -0.25) is 4.79 Å². The Morgan fingerprint density at radius 3 is 2.89 bits per heavy atom. The SMILES string of the molecule is O=C(NCCCO)c1cc2cc(F)ccc2oc1=O. The molecule has 0 aliphatic carbocycles. The fourth-order valence-corrected chi connectivity index (χ4v) is 1.63. The molecule has 0 spiro atoms. The molecule has 6 heteroatoms. The highest BCUT2D eigenvalue weighted by Gasteiger charge is 2.13. The largest absolute Gasteiger partial charge is 0.422 e. The molecule has 2 N–H and O–H groups in total. The van der Waals surface area contributed by atoms with E-state index >= 15 is 0 Å². The van der Waals surface area contributed by atoms with Gasteiger partial charge in [-0.2, -0.15) is 0 Å². The van der Waals surface area contributed by atoms with E-state index in [1.54, 1.807) is 0 Å². The number of halogens is 1. The van der Waals surface area contributed by atoms with E-state index in [1.165, 1.54) is 24.3 Å². The standard InChI is InChI=1S/C13H12FNO4/c14-9-2-3-11-8(6-9)7-10(13(18)19-11)12(17)15-4-1-5-16/h2-3,6-7,16H,1,4-5H2,(H,15,17). The number of rotatable bonds is 4.